The Morgan fingerprint density at radius 3 is 2.56 bits per heavy atom. The van der Waals surface area contributed by atoms with E-state index in [4.69, 9.17) is 16.3 Å². The third kappa shape index (κ3) is 2.62. The number of nitrogens with one attached hydrogen (secondary N) is 1. The zero-order chi connectivity index (χ0) is 13.6. The van der Waals surface area contributed by atoms with Gasteiger partial charge in [-0.3, -0.25) is 0 Å². The molecule has 4 heteroatoms. The molecule has 1 aliphatic heterocycles. The second kappa shape index (κ2) is 4.39. The maximum absolute atomic E-state index is 6.16. The zero-order valence-corrected chi connectivity index (χ0v) is 12.4. The van der Waals surface area contributed by atoms with Gasteiger partial charge in [-0.25, -0.2) is 4.98 Å². The molecule has 0 aliphatic carbocycles. The Bertz CT molecular complexity index is 437. The molecule has 0 saturated carbocycles. The normalized spacial score (nSPS) is 25.1. The minimum Gasteiger partial charge on any atom is -0.377 e. The van der Waals surface area contributed by atoms with Gasteiger partial charge in [-0.05, 0) is 52.7 Å². The topological polar surface area (TPSA) is 34.2 Å². The SMILES string of the molecule is Cc1ccnc(Cl)c1NC1CC(C)(C)OC1(C)C. The summed E-state index contributed by atoms with van der Waals surface area (Å²) in [4.78, 5) is 4.13. The average molecular weight is 269 g/mol. The van der Waals surface area contributed by atoms with E-state index in [1.807, 2.05) is 13.0 Å². The largest absolute Gasteiger partial charge is 0.377 e. The Balaban J connectivity index is 2.25. The molecule has 18 heavy (non-hydrogen) atoms. The van der Waals surface area contributed by atoms with Crippen molar-refractivity contribution in [1.82, 2.24) is 4.98 Å². The Kier molecular flexibility index (Phi) is 3.32. The lowest BCUT2D eigenvalue weighted by Crippen LogP contribution is -2.38. The smallest absolute Gasteiger partial charge is 0.152 e. The number of aromatic nitrogens is 1. The summed E-state index contributed by atoms with van der Waals surface area (Å²) in [6, 6.07) is 2.19. The summed E-state index contributed by atoms with van der Waals surface area (Å²) < 4.78 is 6.07. The summed E-state index contributed by atoms with van der Waals surface area (Å²) in [5, 5.41) is 4.03. The molecular formula is C14H21ClN2O. The molecule has 100 valence electrons. The van der Waals surface area contributed by atoms with Gasteiger partial charge in [0.2, 0.25) is 0 Å². The van der Waals surface area contributed by atoms with E-state index in [9.17, 15) is 0 Å². The zero-order valence-electron chi connectivity index (χ0n) is 11.7. The molecule has 0 bridgehead atoms. The molecule has 2 heterocycles. The Labute approximate surface area is 114 Å². The predicted molar refractivity (Wildman–Crippen MR) is 75.3 cm³/mol. The lowest BCUT2D eigenvalue weighted by molar-refractivity contribution is -0.0662. The number of halogens is 1. The van der Waals surface area contributed by atoms with Crippen molar-refractivity contribution in [2.24, 2.45) is 0 Å². The molecule has 0 spiro atoms. The van der Waals surface area contributed by atoms with E-state index in [1.54, 1.807) is 6.20 Å². The number of nitrogens with zero attached hydrogens (tertiary/aromatic N) is 1. The molecule has 1 aromatic rings. The summed E-state index contributed by atoms with van der Waals surface area (Å²) >= 11 is 6.16. The van der Waals surface area contributed by atoms with Crippen molar-refractivity contribution in [3.63, 3.8) is 0 Å². The fourth-order valence-corrected chi connectivity index (χ4v) is 2.92. The number of rotatable bonds is 2. The molecule has 1 atom stereocenters. The van der Waals surface area contributed by atoms with E-state index in [0.717, 1.165) is 17.7 Å². The maximum atomic E-state index is 6.16. The van der Waals surface area contributed by atoms with Crippen molar-refractivity contribution in [1.29, 1.82) is 0 Å². The van der Waals surface area contributed by atoms with Crippen LogP contribution < -0.4 is 5.32 Å². The van der Waals surface area contributed by atoms with Crippen LogP contribution in [-0.2, 0) is 4.74 Å². The first kappa shape index (κ1) is 13.6. The van der Waals surface area contributed by atoms with Crippen LogP contribution in [-0.4, -0.2) is 22.2 Å². The quantitative estimate of drug-likeness (QED) is 0.829. The third-order valence-electron chi connectivity index (χ3n) is 3.51. The summed E-state index contributed by atoms with van der Waals surface area (Å²) in [5.74, 6) is 0. The first-order valence-corrected chi connectivity index (χ1v) is 6.67. The van der Waals surface area contributed by atoms with E-state index < -0.39 is 0 Å². The van der Waals surface area contributed by atoms with Crippen molar-refractivity contribution in [3.8, 4) is 0 Å². The van der Waals surface area contributed by atoms with Crippen LogP contribution in [0.25, 0.3) is 0 Å². The van der Waals surface area contributed by atoms with Crippen molar-refractivity contribution in [2.75, 3.05) is 5.32 Å². The lowest BCUT2D eigenvalue weighted by atomic mass is 9.94. The van der Waals surface area contributed by atoms with Crippen molar-refractivity contribution in [3.05, 3.63) is 23.0 Å². The highest BCUT2D eigenvalue weighted by Crippen LogP contribution is 2.39. The van der Waals surface area contributed by atoms with Crippen LogP contribution in [0.15, 0.2) is 12.3 Å². The van der Waals surface area contributed by atoms with Gasteiger partial charge in [0.05, 0.1) is 22.9 Å². The van der Waals surface area contributed by atoms with Crippen LogP contribution in [0.2, 0.25) is 5.15 Å². The molecule has 1 fully saturated rings. The summed E-state index contributed by atoms with van der Waals surface area (Å²) in [5.41, 5.74) is 1.70. The van der Waals surface area contributed by atoms with Gasteiger partial charge in [0, 0.05) is 6.20 Å². The van der Waals surface area contributed by atoms with E-state index in [2.05, 4.69) is 38.0 Å². The monoisotopic (exact) mass is 268 g/mol. The minimum atomic E-state index is -0.213. The van der Waals surface area contributed by atoms with Crippen LogP contribution in [0.5, 0.6) is 0 Å². The Morgan fingerprint density at radius 2 is 2.06 bits per heavy atom. The third-order valence-corrected chi connectivity index (χ3v) is 3.79. The summed E-state index contributed by atoms with van der Waals surface area (Å²) in [7, 11) is 0. The molecule has 2 rings (SSSR count). The van der Waals surface area contributed by atoms with E-state index in [1.165, 1.54) is 0 Å². The number of hydrogen-bond donors (Lipinski definition) is 1. The molecule has 1 aliphatic rings. The molecule has 1 saturated heterocycles. The first-order chi connectivity index (χ1) is 8.21. The number of anilines is 1. The predicted octanol–water partition coefficient (Wildman–Crippen LogP) is 3.80. The number of ether oxygens (including phenoxy) is 1. The van der Waals surface area contributed by atoms with Crippen LogP contribution in [0.1, 0.15) is 39.7 Å². The Hall–Kier alpha value is -0.800. The maximum Gasteiger partial charge on any atom is 0.152 e. The van der Waals surface area contributed by atoms with Crippen molar-refractivity contribution in [2.45, 2.75) is 58.3 Å². The van der Waals surface area contributed by atoms with Crippen molar-refractivity contribution < 1.29 is 4.74 Å². The van der Waals surface area contributed by atoms with Gasteiger partial charge in [0.15, 0.2) is 5.15 Å². The highest BCUT2D eigenvalue weighted by Gasteiger charge is 2.46. The van der Waals surface area contributed by atoms with Crippen LogP contribution in [0.3, 0.4) is 0 Å². The minimum absolute atomic E-state index is 0.107. The Morgan fingerprint density at radius 1 is 1.39 bits per heavy atom. The van der Waals surface area contributed by atoms with Gasteiger partial charge in [-0.15, -0.1) is 0 Å². The summed E-state index contributed by atoms with van der Waals surface area (Å²) in [6.45, 7) is 10.5. The lowest BCUT2D eigenvalue weighted by Gasteiger charge is -2.29. The molecule has 1 N–H and O–H groups in total. The van der Waals surface area contributed by atoms with Crippen molar-refractivity contribution >= 4 is 17.3 Å². The molecule has 1 unspecified atom stereocenters. The molecular weight excluding hydrogens is 248 g/mol. The van der Waals surface area contributed by atoms with Gasteiger partial charge in [-0.1, -0.05) is 11.6 Å². The molecule has 0 amide bonds. The standard InChI is InChI=1S/C14H21ClN2O/c1-9-6-7-16-12(15)11(9)17-10-8-13(2,3)18-14(10,4)5/h6-7,10,17H,8H2,1-5H3. The molecule has 0 radical (unpaired) electrons. The average Bonchev–Trinajstić information content (AvgIpc) is 2.40. The van der Waals surface area contributed by atoms with Crippen LogP contribution in [0.4, 0.5) is 5.69 Å². The second-order valence-electron chi connectivity index (χ2n) is 6.16. The van der Waals surface area contributed by atoms with Gasteiger partial charge < -0.3 is 10.1 Å². The van der Waals surface area contributed by atoms with Gasteiger partial charge in [-0.2, -0.15) is 0 Å². The fraction of sp³-hybridized carbons (Fsp3) is 0.643. The number of pyridine rings is 1. The molecule has 3 nitrogen and oxygen atoms in total. The van der Waals surface area contributed by atoms with E-state index in [0.29, 0.717) is 5.15 Å². The van der Waals surface area contributed by atoms with E-state index in [-0.39, 0.29) is 17.2 Å². The van der Waals surface area contributed by atoms with Gasteiger partial charge in [0.1, 0.15) is 0 Å². The van der Waals surface area contributed by atoms with Gasteiger partial charge in [0.25, 0.3) is 0 Å². The number of aryl methyl sites for hydroxylation is 1. The van der Waals surface area contributed by atoms with E-state index >= 15 is 0 Å². The molecule has 1 aromatic heterocycles. The molecule has 0 aromatic carbocycles. The van der Waals surface area contributed by atoms with Gasteiger partial charge >= 0.3 is 0 Å². The van der Waals surface area contributed by atoms with Crippen LogP contribution >= 0.6 is 11.6 Å². The number of hydrogen-bond acceptors (Lipinski definition) is 3. The second-order valence-corrected chi connectivity index (χ2v) is 6.52. The summed E-state index contributed by atoms with van der Waals surface area (Å²) in [6.07, 6.45) is 2.67. The first-order valence-electron chi connectivity index (χ1n) is 6.29. The highest BCUT2D eigenvalue weighted by atomic mass is 35.5. The highest BCUT2D eigenvalue weighted by molar-refractivity contribution is 6.32. The van der Waals surface area contributed by atoms with Crippen LogP contribution in [0, 0.1) is 6.92 Å². The fourth-order valence-electron chi connectivity index (χ4n) is 2.66.